The Balaban J connectivity index is 3.04. The molecule has 0 bridgehead atoms. The fourth-order valence-electron chi connectivity index (χ4n) is 1.80. The normalized spacial score (nSPS) is 12.2. The van der Waals surface area contributed by atoms with Crippen molar-refractivity contribution in [2.75, 3.05) is 13.7 Å². The lowest BCUT2D eigenvalue weighted by Gasteiger charge is -2.14. The zero-order chi connectivity index (χ0) is 12.8. The standard InChI is InChI=1S/C13H18FNO2/c1-3-4-9(8-15)13(16)11-7-10(14)5-6-12(11)17-2/h5-7,9H,3-4,8,15H2,1-2H3. The molecule has 0 aliphatic rings. The van der Waals surface area contributed by atoms with Gasteiger partial charge in [0.25, 0.3) is 0 Å². The lowest BCUT2D eigenvalue weighted by molar-refractivity contribution is 0.0914. The molecule has 0 radical (unpaired) electrons. The number of nitrogens with two attached hydrogens (primary N) is 1. The van der Waals surface area contributed by atoms with Gasteiger partial charge in [-0.3, -0.25) is 4.79 Å². The van der Waals surface area contributed by atoms with Crippen LogP contribution in [-0.2, 0) is 0 Å². The van der Waals surface area contributed by atoms with Gasteiger partial charge in [0.1, 0.15) is 11.6 Å². The van der Waals surface area contributed by atoms with Gasteiger partial charge in [-0.25, -0.2) is 4.39 Å². The molecule has 94 valence electrons. The minimum absolute atomic E-state index is 0.147. The topological polar surface area (TPSA) is 52.3 Å². The second kappa shape index (κ2) is 6.35. The van der Waals surface area contributed by atoms with Crippen molar-refractivity contribution in [3.63, 3.8) is 0 Å². The maximum absolute atomic E-state index is 13.2. The van der Waals surface area contributed by atoms with Crippen LogP contribution in [0.3, 0.4) is 0 Å². The predicted octanol–water partition coefficient (Wildman–Crippen LogP) is 2.39. The Labute approximate surface area is 101 Å². The number of benzene rings is 1. The van der Waals surface area contributed by atoms with Crippen LogP contribution in [0.15, 0.2) is 18.2 Å². The quantitative estimate of drug-likeness (QED) is 0.775. The molecular weight excluding hydrogens is 221 g/mol. The summed E-state index contributed by atoms with van der Waals surface area (Å²) in [5.41, 5.74) is 5.85. The number of methoxy groups -OCH3 is 1. The molecule has 2 N–H and O–H groups in total. The van der Waals surface area contributed by atoms with Crippen LogP contribution in [0.5, 0.6) is 5.75 Å². The third kappa shape index (κ3) is 3.27. The van der Waals surface area contributed by atoms with Crippen LogP contribution in [0.25, 0.3) is 0 Å². The van der Waals surface area contributed by atoms with E-state index >= 15 is 0 Å². The van der Waals surface area contributed by atoms with E-state index in [0.29, 0.717) is 12.2 Å². The molecule has 0 aliphatic carbocycles. The highest BCUT2D eigenvalue weighted by atomic mass is 19.1. The first kappa shape index (κ1) is 13.6. The van der Waals surface area contributed by atoms with E-state index in [9.17, 15) is 9.18 Å². The Morgan fingerprint density at radius 2 is 2.24 bits per heavy atom. The van der Waals surface area contributed by atoms with Crippen molar-refractivity contribution in [3.05, 3.63) is 29.6 Å². The molecule has 0 fully saturated rings. The van der Waals surface area contributed by atoms with E-state index in [1.54, 1.807) is 0 Å². The largest absolute Gasteiger partial charge is 0.496 e. The number of carbonyl (C=O) groups excluding carboxylic acids is 1. The molecule has 0 saturated heterocycles. The average Bonchev–Trinajstić information content (AvgIpc) is 2.35. The maximum atomic E-state index is 13.2. The third-order valence-corrected chi connectivity index (χ3v) is 2.72. The minimum atomic E-state index is -0.443. The number of ketones is 1. The van der Waals surface area contributed by atoms with Gasteiger partial charge in [-0.2, -0.15) is 0 Å². The molecule has 0 heterocycles. The van der Waals surface area contributed by atoms with Gasteiger partial charge in [0, 0.05) is 12.5 Å². The number of hydrogen-bond donors (Lipinski definition) is 1. The van der Waals surface area contributed by atoms with Crippen LogP contribution >= 0.6 is 0 Å². The smallest absolute Gasteiger partial charge is 0.171 e. The van der Waals surface area contributed by atoms with Gasteiger partial charge in [0.15, 0.2) is 5.78 Å². The fourth-order valence-corrected chi connectivity index (χ4v) is 1.80. The summed E-state index contributed by atoms with van der Waals surface area (Å²) in [6.45, 7) is 2.26. The lowest BCUT2D eigenvalue weighted by Crippen LogP contribution is -2.24. The molecule has 0 amide bonds. The van der Waals surface area contributed by atoms with Crippen LogP contribution in [0.1, 0.15) is 30.1 Å². The molecular formula is C13H18FNO2. The maximum Gasteiger partial charge on any atom is 0.171 e. The summed E-state index contributed by atoms with van der Waals surface area (Å²) in [4.78, 5) is 12.2. The summed E-state index contributed by atoms with van der Waals surface area (Å²) in [5.74, 6) is -0.464. The first-order chi connectivity index (χ1) is 8.13. The van der Waals surface area contributed by atoms with E-state index in [4.69, 9.17) is 10.5 Å². The molecule has 17 heavy (non-hydrogen) atoms. The second-order valence-corrected chi connectivity index (χ2v) is 3.93. The molecule has 0 saturated carbocycles. The van der Waals surface area contributed by atoms with E-state index in [2.05, 4.69) is 0 Å². The SMILES string of the molecule is CCCC(CN)C(=O)c1cc(F)ccc1OC. The molecule has 1 rings (SSSR count). The monoisotopic (exact) mass is 239 g/mol. The van der Waals surface area contributed by atoms with E-state index in [1.807, 2.05) is 6.92 Å². The van der Waals surface area contributed by atoms with E-state index in [0.717, 1.165) is 6.42 Å². The van der Waals surface area contributed by atoms with E-state index in [-0.39, 0.29) is 23.8 Å². The molecule has 1 atom stereocenters. The fraction of sp³-hybridized carbons (Fsp3) is 0.462. The Hall–Kier alpha value is -1.42. The summed E-state index contributed by atoms with van der Waals surface area (Å²) < 4.78 is 18.2. The van der Waals surface area contributed by atoms with Gasteiger partial charge in [0.2, 0.25) is 0 Å². The zero-order valence-corrected chi connectivity index (χ0v) is 10.2. The molecule has 0 aliphatic heterocycles. The van der Waals surface area contributed by atoms with Gasteiger partial charge < -0.3 is 10.5 Å². The Morgan fingerprint density at radius 3 is 2.76 bits per heavy atom. The molecule has 4 heteroatoms. The van der Waals surface area contributed by atoms with Crippen LogP contribution < -0.4 is 10.5 Å². The molecule has 1 aromatic carbocycles. The van der Waals surface area contributed by atoms with E-state index in [1.165, 1.54) is 25.3 Å². The molecule has 0 aromatic heterocycles. The minimum Gasteiger partial charge on any atom is -0.496 e. The van der Waals surface area contributed by atoms with Crippen molar-refractivity contribution in [2.24, 2.45) is 11.7 Å². The Kier molecular flexibility index (Phi) is 5.10. The summed E-state index contributed by atoms with van der Waals surface area (Å²) >= 11 is 0. The summed E-state index contributed by atoms with van der Waals surface area (Å²) in [5, 5.41) is 0. The Bertz CT molecular complexity index is 393. The number of Topliss-reactive ketones (excluding diaryl/α,β-unsaturated/α-hetero) is 1. The average molecular weight is 239 g/mol. The number of carbonyl (C=O) groups is 1. The number of ether oxygens (including phenoxy) is 1. The lowest BCUT2D eigenvalue weighted by atomic mass is 9.93. The van der Waals surface area contributed by atoms with Crippen LogP contribution in [0, 0.1) is 11.7 Å². The van der Waals surface area contributed by atoms with E-state index < -0.39 is 5.82 Å². The summed E-state index contributed by atoms with van der Waals surface area (Å²) in [7, 11) is 1.46. The van der Waals surface area contributed by atoms with Crippen molar-refractivity contribution in [2.45, 2.75) is 19.8 Å². The third-order valence-electron chi connectivity index (χ3n) is 2.72. The summed E-state index contributed by atoms with van der Waals surface area (Å²) in [6, 6.07) is 3.94. The van der Waals surface area contributed by atoms with Crippen LogP contribution in [0.4, 0.5) is 4.39 Å². The Morgan fingerprint density at radius 1 is 1.53 bits per heavy atom. The van der Waals surface area contributed by atoms with Crippen LogP contribution in [0.2, 0.25) is 0 Å². The van der Waals surface area contributed by atoms with Gasteiger partial charge in [-0.05, 0) is 24.6 Å². The van der Waals surface area contributed by atoms with Gasteiger partial charge in [-0.1, -0.05) is 13.3 Å². The predicted molar refractivity (Wildman–Crippen MR) is 64.7 cm³/mol. The highest BCUT2D eigenvalue weighted by molar-refractivity contribution is 6.00. The van der Waals surface area contributed by atoms with Crippen molar-refractivity contribution >= 4 is 5.78 Å². The highest BCUT2D eigenvalue weighted by Gasteiger charge is 2.21. The number of halogens is 1. The van der Waals surface area contributed by atoms with Gasteiger partial charge in [-0.15, -0.1) is 0 Å². The molecule has 3 nitrogen and oxygen atoms in total. The second-order valence-electron chi connectivity index (χ2n) is 3.93. The van der Waals surface area contributed by atoms with Gasteiger partial charge in [0.05, 0.1) is 12.7 Å². The van der Waals surface area contributed by atoms with Crippen molar-refractivity contribution in [3.8, 4) is 5.75 Å². The van der Waals surface area contributed by atoms with Crippen molar-refractivity contribution in [1.82, 2.24) is 0 Å². The zero-order valence-electron chi connectivity index (χ0n) is 10.2. The van der Waals surface area contributed by atoms with Crippen molar-refractivity contribution < 1.29 is 13.9 Å². The molecule has 0 spiro atoms. The highest BCUT2D eigenvalue weighted by Crippen LogP contribution is 2.23. The van der Waals surface area contributed by atoms with Crippen molar-refractivity contribution in [1.29, 1.82) is 0 Å². The molecule has 1 unspecified atom stereocenters. The first-order valence-corrected chi connectivity index (χ1v) is 5.71. The van der Waals surface area contributed by atoms with Gasteiger partial charge >= 0.3 is 0 Å². The summed E-state index contributed by atoms with van der Waals surface area (Å²) in [6.07, 6.45) is 1.57. The van der Waals surface area contributed by atoms with Crippen LogP contribution in [-0.4, -0.2) is 19.4 Å². The number of hydrogen-bond acceptors (Lipinski definition) is 3. The molecule has 1 aromatic rings. The number of rotatable bonds is 6. The first-order valence-electron chi connectivity index (χ1n) is 5.71.